The molecule has 0 aliphatic carbocycles. The molecule has 6 nitrogen and oxygen atoms in total. The number of aromatic nitrogens is 2. The topological polar surface area (TPSA) is 74.3 Å². The predicted octanol–water partition coefficient (Wildman–Crippen LogP) is 3.75. The first-order valence-electron chi connectivity index (χ1n) is 9.49. The number of guanidine groups is 1. The molecule has 28 heavy (non-hydrogen) atoms. The van der Waals surface area contributed by atoms with E-state index in [4.69, 9.17) is 4.74 Å². The molecular weight excluding hydrogens is 465 g/mol. The maximum Gasteiger partial charge on any atom is 0.191 e. The van der Waals surface area contributed by atoms with E-state index in [0.29, 0.717) is 13.2 Å². The number of para-hydroxylation sites is 3. The summed E-state index contributed by atoms with van der Waals surface area (Å²) in [7, 11) is 0. The number of rotatable bonds is 9. The van der Waals surface area contributed by atoms with Crippen molar-refractivity contribution in [1.82, 2.24) is 20.6 Å². The summed E-state index contributed by atoms with van der Waals surface area (Å²) < 4.78 is 5.69. The fourth-order valence-electron chi connectivity index (χ4n) is 2.76. The molecule has 0 fully saturated rings. The number of imidazole rings is 1. The smallest absolute Gasteiger partial charge is 0.191 e. The van der Waals surface area contributed by atoms with E-state index in [1.165, 1.54) is 0 Å². The third-order valence-electron chi connectivity index (χ3n) is 4.03. The first-order valence-corrected chi connectivity index (χ1v) is 9.49. The van der Waals surface area contributed by atoms with E-state index >= 15 is 0 Å². The zero-order valence-electron chi connectivity index (χ0n) is 16.1. The van der Waals surface area contributed by atoms with Crippen LogP contribution in [0.4, 0.5) is 0 Å². The number of halogens is 1. The second-order valence-corrected chi connectivity index (χ2v) is 6.15. The molecule has 0 saturated heterocycles. The number of hydrogen-bond acceptors (Lipinski definition) is 3. The number of nitrogens with one attached hydrogen (secondary N) is 3. The van der Waals surface area contributed by atoms with Gasteiger partial charge in [0.25, 0.3) is 0 Å². The zero-order valence-corrected chi connectivity index (χ0v) is 18.5. The molecule has 0 spiro atoms. The summed E-state index contributed by atoms with van der Waals surface area (Å²) in [5.41, 5.74) is 2.11. The minimum atomic E-state index is 0. The average Bonchev–Trinajstić information content (AvgIpc) is 3.12. The largest absolute Gasteiger partial charge is 0.492 e. The number of hydrogen-bond donors (Lipinski definition) is 3. The fraction of sp³-hybridized carbons (Fsp3) is 0.333. The maximum atomic E-state index is 5.69. The highest BCUT2D eigenvalue weighted by atomic mass is 127. The Bertz CT molecular complexity index is 817. The van der Waals surface area contributed by atoms with E-state index in [0.717, 1.165) is 54.5 Å². The molecule has 3 N–H and O–H groups in total. The van der Waals surface area contributed by atoms with Crippen LogP contribution < -0.4 is 15.4 Å². The Morgan fingerprint density at radius 2 is 1.86 bits per heavy atom. The van der Waals surface area contributed by atoms with E-state index in [1.807, 2.05) is 48.5 Å². The standard InChI is InChI=1S/C21H27N5O.HI/c1-2-22-21(24-15-16-27-17-9-4-3-5-10-17)23-14-8-13-20-25-18-11-6-7-12-19(18)26-20;/h3-7,9-12H,2,8,13-16H2,1H3,(H,25,26)(H2,22,23,24);1H. The Balaban J connectivity index is 0.00000280. The summed E-state index contributed by atoms with van der Waals surface area (Å²) >= 11 is 0. The third kappa shape index (κ3) is 7.03. The van der Waals surface area contributed by atoms with Crippen molar-refractivity contribution < 1.29 is 4.74 Å². The Labute approximate surface area is 183 Å². The van der Waals surface area contributed by atoms with Crippen LogP contribution in [0.25, 0.3) is 11.0 Å². The van der Waals surface area contributed by atoms with Crippen molar-refractivity contribution in [3.05, 3.63) is 60.4 Å². The van der Waals surface area contributed by atoms with Crippen molar-refractivity contribution in [2.45, 2.75) is 19.8 Å². The molecule has 0 unspecified atom stereocenters. The van der Waals surface area contributed by atoms with Crippen LogP contribution in [0.3, 0.4) is 0 Å². The second-order valence-electron chi connectivity index (χ2n) is 6.15. The van der Waals surface area contributed by atoms with Crippen molar-refractivity contribution in [3.8, 4) is 5.75 Å². The highest BCUT2D eigenvalue weighted by Gasteiger charge is 2.02. The van der Waals surface area contributed by atoms with Gasteiger partial charge in [-0.15, -0.1) is 24.0 Å². The summed E-state index contributed by atoms with van der Waals surface area (Å²) in [5, 5.41) is 6.56. The van der Waals surface area contributed by atoms with Gasteiger partial charge >= 0.3 is 0 Å². The van der Waals surface area contributed by atoms with E-state index in [-0.39, 0.29) is 24.0 Å². The molecule has 0 saturated carbocycles. The van der Waals surface area contributed by atoms with E-state index < -0.39 is 0 Å². The van der Waals surface area contributed by atoms with Crippen LogP contribution in [0.5, 0.6) is 5.75 Å². The number of ether oxygens (including phenoxy) is 1. The van der Waals surface area contributed by atoms with Crippen LogP contribution in [0.1, 0.15) is 19.2 Å². The second kappa shape index (κ2) is 12.2. The quantitative estimate of drug-likeness (QED) is 0.184. The lowest BCUT2D eigenvalue weighted by Gasteiger charge is -2.12. The van der Waals surface area contributed by atoms with Gasteiger partial charge in [-0.05, 0) is 37.6 Å². The van der Waals surface area contributed by atoms with Gasteiger partial charge in [0.05, 0.1) is 17.6 Å². The number of aliphatic imine (C=N–C) groups is 1. The normalized spacial score (nSPS) is 11.1. The van der Waals surface area contributed by atoms with Crippen molar-refractivity contribution in [2.24, 2.45) is 4.99 Å². The molecule has 1 aromatic heterocycles. The first-order chi connectivity index (χ1) is 13.3. The highest BCUT2D eigenvalue weighted by molar-refractivity contribution is 14.0. The van der Waals surface area contributed by atoms with E-state index in [2.05, 4.69) is 38.6 Å². The summed E-state index contributed by atoms with van der Waals surface area (Å²) in [6.07, 6.45) is 1.83. The average molecular weight is 493 g/mol. The molecule has 0 amide bonds. The number of benzene rings is 2. The molecule has 1 heterocycles. The summed E-state index contributed by atoms with van der Waals surface area (Å²) in [6.45, 7) is 4.92. The van der Waals surface area contributed by atoms with Gasteiger partial charge in [-0.1, -0.05) is 30.3 Å². The van der Waals surface area contributed by atoms with Crippen molar-refractivity contribution in [3.63, 3.8) is 0 Å². The van der Waals surface area contributed by atoms with Gasteiger partial charge in [0.2, 0.25) is 0 Å². The maximum absolute atomic E-state index is 5.69. The third-order valence-corrected chi connectivity index (χ3v) is 4.03. The molecule has 150 valence electrons. The Hall–Kier alpha value is -2.29. The molecular formula is C21H28IN5O. The van der Waals surface area contributed by atoms with Gasteiger partial charge < -0.3 is 20.4 Å². The van der Waals surface area contributed by atoms with Gasteiger partial charge in [0.1, 0.15) is 18.2 Å². The van der Waals surface area contributed by atoms with E-state index in [9.17, 15) is 0 Å². The van der Waals surface area contributed by atoms with Gasteiger partial charge in [-0.2, -0.15) is 0 Å². The molecule has 0 aliphatic rings. The van der Waals surface area contributed by atoms with Crippen molar-refractivity contribution in [2.75, 3.05) is 26.2 Å². The fourth-order valence-corrected chi connectivity index (χ4v) is 2.76. The molecule has 0 bridgehead atoms. The van der Waals surface area contributed by atoms with E-state index in [1.54, 1.807) is 0 Å². The number of H-pyrrole nitrogens is 1. The number of aryl methyl sites for hydroxylation is 1. The Morgan fingerprint density at radius 3 is 2.64 bits per heavy atom. The number of fused-ring (bicyclic) bond motifs is 1. The van der Waals surface area contributed by atoms with Crippen LogP contribution >= 0.6 is 24.0 Å². The van der Waals surface area contributed by atoms with Crippen molar-refractivity contribution >= 4 is 41.0 Å². The Kier molecular flexibility index (Phi) is 9.61. The van der Waals surface area contributed by atoms with Crippen LogP contribution in [0, 0.1) is 0 Å². The summed E-state index contributed by atoms with van der Waals surface area (Å²) in [6, 6.07) is 17.9. The minimum Gasteiger partial charge on any atom is -0.492 e. The molecule has 0 atom stereocenters. The molecule has 2 aromatic carbocycles. The SMILES string of the molecule is CCNC(=NCCCc1nc2ccccc2[nH]1)NCCOc1ccccc1.I. The van der Waals surface area contributed by atoms with Crippen molar-refractivity contribution in [1.29, 1.82) is 0 Å². The minimum absolute atomic E-state index is 0. The predicted molar refractivity (Wildman–Crippen MR) is 126 cm³/mol. The summed E-state index contributed by atoms with van der Waals surface area (Å²) in [4.78, 5) is 12.6. The van der Waals surface area contributed by atoms with Crippen LogP contribution in [-0.2, 0) is 6.42 Å². The number of aromatic amines is 1. The molecule has 0 aliphatic heterocycles. The number of nitrogens with zero attached hydrogens (tertiary/aromatic N) is 2. The van der Waals surface area contributed by atoms with Crippen LogP contribution in [0.2, 0.25) is 0 Å². The highest BCUT2D eigenvalue weighted by Crippen LogP contribution is 2.11. The Morgan fingerprint density at radius 1 is 1.07 bits per heavy atom. The lowest BCUT2D eigenvalue weighted by atomic mass is 10.3. The summed E-state index contributed by atoms with van der Waals surface area (Å²) in [5.74, 6) is 2.71. The van der Waals surface area contributed by atoms with Gasteiger partial charge in [0.15, 0.2) is 5.96 Å². The van der Waals surface area contributed by atoms with Gasteiger partial charge in [0, 0.05) is 19.5 Å². The van der Waals surface area contributed by atoms with Crippen LogP contribution in [0.15, 0.2) is 59.6 Å². The monoisotopic (exact) mass is 493 g/mol. The lowest BCUT2D eigenvalue weighted by Crippen LogP contribution is -2.39. The van der Waals surface area contributed by atoms with Gasteiger partial charge in [-0.25, -0.2) is 4.98 Å². The van der Waals surface area contributed by atoms with Crippen LogP contribution in [-0.4, -0.2) is 42.2 Å². The van der Waals surface area contributed by atoms with Gasteiger partial charge in [-0.3, -0.25) is 4.99 Å². The molecule has 3 aromatic rings. The molecule has 3 rings (SSSR count). The first kappa shape index (κ1) is 22.0. The molecule has 0 radical (unpaired) electrons. The molecule has 7 heteroatoms. The zero-order chi connectivity index (χ0) is 18.7. The lowest BCUT2D eigenvalue weighted by molar-refractivity contribution is 0.322.